The van der Waals surface area contributed by atoms with Gasteiger partial charge < -0.3 is 4.90 Å². The highest BCUT2D eigenvalue weighted by Gasteiger charge is 2.34. The fourth-order valence-corrected chi connectivity index (χ4v) is 3.04. The largest absolute Gasteiger partial charge is 0.419 e. The number of nitrogens with zero attached hydrogens (tertiary/aromatic N) is 5. The Hall–Kier alpha value is -2.98. The number of aromatic nitrogens is 4. The number of nitrogens with one attached hydrogen (secondary N) is 1. The lowest BCUT2D eigenvalue weighted by molar-refractivity contribution is -0.140. The van der Waals surface area contributed by atoms with Crippen LogP contribution in [0.3, 0.4) is 0 Å². The topological polar surface area (TPSA) is 75.9 Å². The van der Waals surface area contributed by atoms with Crippen molar-refractivity contribution in [2.45, 2.75) is 19.5 Å². The van der Waals surface area contributed by atoms with E-state index in [1.54, 1.807) is 11.9 Å². The van der Waals surface area contributed by atoms with E-state index in [1.807, 2.05) is 6.92 Å². The van der Waals surface area contributed by atoms with Crippen LogP contribution >= 0.6 is 0 Å². The summed E-state index contributed by atoms with van der Waals surface area (Å²) in [7, 11) is 1.58. The fourth-order valence-electron chi connectivity index (χ4n) is 3.04. The Balaban J connectivity index is 1.72. The van der Waals surface area contributed by atoms with Gasteiger partial charge >= 0.3 is 12.2 Å². The second-order valence-electron chi connectivity index (χ2n) is 6.58. The summed E-state index contributed by atoms with van der Waals surface area (Å²) in [4.78, 5) is 13.9. The molecule has 0 bridgehead atoms. The quantitative estimate of drug-likeness (QED) is 0.788. The Morgan fingerprint density at radius 3 is 2.71 bits per heavy atom. The molecule has 150 valence electrons. The molecular weight excluding hydrogens is 380 g/mol. The van der Waals surface area contributed by atoms with Crippen LogP contribution in [0.1, 0.15) is 24.5 Å². The Labute approximate surface area is 158 Å². The molecule has 1 aromatic carbocycles. The number of piperidine rings is 1. The van der Waals surface area contributed by atoms with Crippen molar-refractivity contribution >= 4 is 18.1 Å². The van der Waals surface area contributed by atoms with Gasteiger partial charge in [-0.1, -0.05) is 35.8 Å². The Bertz CT molecular complexity index is 907. The first-order valence-electron chi connectivity index (χ1n) is 8.51. The summed E-state index contributed by atoms with van der Waals surface area (Å²) < 4.78 is 54.2. The van der Waals surface area contributed by atoms with Crippen LogP contribution in [0.2, 0.25) is 0 Å². The number of carbonyl (C=O) groups excluding carboxylic acids is 1. The molecule has 1 fully saturated rings. The summed E-state index contributed by atoms with van der Waals surface area (Å²) in [5, 5.41) is 13.3. The maximum atomic E-state index is 14.2. The van der Waals surface area contributed by atoms with Gasteiger partial charge in [0.25, 0.3) is 5.95 Å². The second-order valence-corrected chi connectivity index (χ2v) is 6.58. The molecule has 1 saturated heterocycles. The zero-order valence-electron chi connectivity index (χ0n) is 15.2. The van der Waals surface area contributed by atoms with Gasteiger partial charge in [0, 0.05) is 25.7 Å². The molecule has 1 aliphatic heterocycles. The molecular formula is C17H18F4N6O. The molecule has 1 aromatic heterocycles. The number of anilines is 1. The molecule has 7 nitrogen and oxygen atoms in total. The third-order valence-electron chi connectivity index (χ3n) is 4.60. The number of likely N-dealkylation sites (tertiary alicyclic amines) is 1. The molecule has 3 rings (SSSR count). The summed E-state index contributed by atoms with van der Waals surface area (Å²) in [5.74, 6) is -1.24. The lowest BCUT2D eigenvalue weighted by Gasteiger charge is -2.33. The molecule has 2 heterocycles. The minimum atomic E-state index is -4.75. The second kappa shape index (κ2) is 7.56. The predicted octanol–water partition coefficient (Wildman–Crippen LogP) is 3.33. The maximum Gasteiger partial charge on any atom is 0.419 e. The van der Waals surface area contributed by atoms with Crippen molar-refractivity contribution < 1.29 is 22.4 Å². The van der Waals surface area contributed by atoms with Crippen LogP contribution in [-0.2, 0) is 13.2 Å². The number of halogens is 4. The molecule has 1 aliphatic rings. The number of carbonyl (C=O) groups is 1. The molecule has 2 amide bonds. The van der Waals surface area contributed by atoms with Crippen LogP contribution in [0, 0.1) is 11.7 Å². The van der Waals surface area contributed by atoms with Crippen LogP contribution in [0.5, 0.6) is 0 Å². The minimum Gasteiger partial charge on any atom is -0.324 e. The van der Waals surface area contributed by atoms with E-state index in [9.17, 15) is 22.4 Å². The fraction of sp³-hybridized carbons (Fsp3) is 0.412. The minimum absolute atomic E-state index is 0.111. The number of hydrogen-bond donors (Lipinski definition) is 1. The van der Waals surface area contributed by atoms with E-state index < -0.39 is 17.6 Å². The van der Waals surface area contributed by atoms with Gasteiger partial charge in [-0.2, -0.15) is 13.2 Å². The SMILES string of the molecule is CC1CN(C(=O)Nc2nnnn2C)CCC1=Cc1cccc(C(F)(F)F)c1F. The highest BCUT2D eigenvalue weighted by atomic mass is 19.4. The van der Waals surface area contributed by atoms with E-state index in [1.165, 1.54) is 22.9 Å². The Kier molecular flexibility index (Phi) is 5.34. The smallest absolute Gasteiger partial charge is 0.324 e. The number of amides is 2. The van der Waals surface area contributed by atoms with Crippen molar-refractivity contribution in [3.8, 4) is 0 Å². The van der Waals surface area contributed by atoms with Crippen molar-refractivity contribution in [3.63, 3.8) is 0 Å². The van der Waals surface area contributed by atoms with Crippen LogP contribution in [0.4, 0.5) is 28.3 Å². The highest BCUT2D eigenvalue weighted by molar-refractivity contribution is 5.87. The number of urea groups is 1. The van der Waals surface area contributed by atoms with Crippen LogP contribution in [-0.4, -0.2) is 44.2 Å². The van der Waals surface area contributed by atoms with E-state index in [0.29, 0.717) is 19.5 Å². The van der Waals surface area contributed by atoms with E-state index in [-0.39, 0.29) is 23.5 Å². The number of hydrogen-bond acceptors (Lipinski definition) is 4. The van der Waals surface area contributed by atoms with Gasteiger partial charge in [0.15, 0.2) is 0 Å². The lowest BCUT2D eigenvalue weighted by atomic mass is 9.91. The third kappa shape index (κ3) is 4.12. The van der Waals surface area contributed by atoms with E-state index in [2.05, 4.69) is 20.8 Å². The molecule has 0 saturated carbocycles. The zero-order valence-corrected chi connectivity index (χ0v) is 15.2. The first-order valence-corrected chi connectivity index (χ1v) is 8.51. The number of aryl methyl sites for hydroxylation is 1. The van der Waals surface area contributed by atoms with Gasteiger partial charge in [-0.25, -0.2) is 13.9 Å². The van der Waals surface area contributed by atoms with Gasteiger partial charge in [-0.3, -0.25) is 5.32 Å². The Morgan fingerprint density at radius 2 is 2.11 bits per heavy atom. The standard InChI is InChI=1S/C17H18F4N6O/c1-10-9-27(16(28)22-15-23-24-25-26(15)2)7-6-11(10)8-12-4-3-5-13(14(12)18)17(19,20)21/h3-5,8,10H,6-7,9H2,1-2H3,(H,22,23,25,28). The van der Waals surface area contributed by atoms with E-state index in [4.69, 9.17) is 0 Å². The monoisotopic (exact) mass is 398 g/mol. The Morgan fingerprint density at radius 1 is 1.36 bits per heavy atom. The van der Waals surface area contributed by atoms with Crippen molar-refractivity contribution in [1.29, 1.82) is 0 Å². The van der Waals surface area contributed by atoms with Crippen molar-refractivity contribution in [1.82, 2.24) is 25.1 Å². The highest BCUT2D eigenvalue weighted by Crippen LogP contribution is 2.34. The van der Waals surface area contributed by atoms with E-state index in [0.717, 1.165) is 11.6 Å². The van der Waals surface area contributed by atoms with Gasteiger partial charge in [0.05, 0.1) is 5.56 Å². The van der Waals surface area contributed by atoms with Gasteiger partial charge in [0.1, 0.15) is 5.82 Å². The molecule has 1 atom stereocenters. The zero-order chi connectivity index (χ0) is 20.5. The molecule has 2 aromatic rings. The first kappa shape index (κ1) is 19.8. The number of benzene rings is 1. The maximum absolute atomic E-state index is 14.2. The lowest BCUT2D eigenvalue weighted by Crippen LogP contribution is -2.42. The summed E-state index contributed by atoms with van der Waals surface area (Å²) in [6, 6.07) is 2.83. The average molecular weight is 398 g/mol. The molecule has 1 unspecified atom stereocenters. The molecule has 28 heavy (non-hydrogen) atoms. The molecule has 0 aliphatic carbocycles. The van der Waals surface area contributed by atoms with Crippen molar-refractivity contribution in [2.24, 2.45) is 13.0 Å². The van der Waals surface area contributed by atoms with E-state index >= 15 is 0 Å². The van der Waals surface area contributed by atoms with Crippen molar-refractivity contribution in [2.75, 3.05) is 18.4 Å². The van der Waals surface area contributed by atoms with Crippen LogP contribution in [0.15, 0.2) is 23.8 Å². The summed E-state index contributed by atoms with van der Waals surface area (Å²) >= 11 is 0. The third-order valence-corrected chi connectivity index (χ3v) is 4.60. The number of rotatable bonds is 2. The predicted molar refractivity (Wildman–Crippen MR) is 92.5 cm³/mol. The molecule has 1 N–H and O–H groups in total. The van der Waals surface area contributed by atoms with Crippen LogP contribution < -0.4 is 5.32 Å². The summed E-state index contributed by atoms with van der Waals surface area (Å²) in [6.07, 6.45) is -2.89. The van der Waals surface area contributed by atoms with Gasteiger partial charge in [-0.15, -0.1) is 0 Å². The molecule has 0 radical (unpaired) electrons. The number of alkyl halides is 3. The summed E-state index contributed by atoms with van der Waals surface area (Å²) in [5.41, 5.74) is -0.620. The normalized spacial score (nSPS) is 19.1. The molecule has 0 spiro atoms. The number of tetrazole rings is 1. The average Bonchev–Trinajstić information content (AvgIpc) is 3.02. The van der Waals surface area contributed by atoms with Crippen LogP contribution in [0.25, 0.3) is 6.08 Å². The molecule has 11 heteroatoms. The summed E-state index contributed by atoms with van der Waals surface area (Å²) in [6.45, 7) is 2.51. The van der Waals surface area contributed by atoms with Gasteiger partial charge in [0.2, 0.25) is 0 Å². The first-order chi connectivity index (χ1) is 13.2. The van der Waals surface area contributed by atoms with Gasteiger partial charge in [-0.05, 0) is 28.8 Å². The van der Waals surface area contributed by atoms with Crippen molar-refractivity contribution in [3.05, 3.63) is 40.7 Å².